The monoisotopic (exact) mass is 261 g/mol. The third-order valence-electron chi connectivity index (χ3n) is 3.67. The van der Waals surface area contributed by atoms with Crippen LogP contribution in [-0.4, -0.2) is 43.5 Å². The summed E-state index contributed by atoms with van der Waals surface area (Å²) in [4.78, 5) is 14.6. The lowest BCUT2D eigenvalue weighted by atomic mass is 9.90. The molecular formula is C15H23N3O. The number of nitrogens with one attached hydrogen (secondary N) is 2. The summed E-state index contributed by atoms with van der Waals surface area (Å²) >= 11 is 0. The first-order valence-electron chi connectivity index (χ1n) is 6.76. The van der Waals surface area contributed by atoms with Gasteiger partial charge in [0.05, 0.1) is 5.41 Å². The molecule has 4 nitrogen and oxygen atoms in total. The number of likely N-dealkylation sites (N-methyl/N-ethyl adjacent to an activating group) is 1. The molecule has 4 heteroatoms. The number of para-hydroxylation sites is 1. The highest BCUT2D eigenvalue weighted by molar-refractivity contribution is 5.94. The van der Waals surface area contributed by atoms with Crippen molar-refractivity contribution in [1.29, 1.82) is 0 Å². The van der Waals surface area contributed by atoms with Crippen LogP contribution in [0.15, 0.2) is 30.3 Å². The lowest BCUT2D eigenvalue weighted by Gasteiger charge is -2.39. The second kappa shape index (κ2) is 5.72. The predicted molar refractivity (Wildman–Crippen MR) is 78.1 cm³/mol. The molecule has 19 heavy (non-hydrogen) atoms. The van der Waals surface area contributed by atoms with Gasteiger partial charge in [0.1, 0.15) is 0 Å². The summed E-state index contributed by atoms with van der Waals surface area (Å²) < 4.78 is 0. The van der Waals surface area contributed by atoms with Gasteiger partial charge >= 0.3 is 0 Å². The topological polar surface area (TPSA) is 44.4 Å². The van der Waals surface area contributed by atoms with Crippen LogP contribution in [0.2, 0.25) is 0 Å². The molecule has 0 aliphatic carbocycles. The van der Waals surface area contributed by atoms with Gasteiger partial charge in [-0.15, -0.1) is 0 Å². The molecule has 0 saturated carbocycles. The molecule has 0 unspecified atom stereocenters. The molecule has 1 amide bonds. The SMILES string of the molecule is CN(CC(C)(C)C(=O)Nc1ccccc1)C1CNC1. The van der Waals surface area contributed by atoms with Crippen LogP contribution in [0.5, 0.6) is 0 Å². The molecule has 1 aromatic rings. The molecule has 1 aromatic carbocycles. The molecule has 0 atom stereocenters. The van der Waals surface area contributed by atoms with Crippen LogP contribution in [0, 0.1) is 5.41 Å². The van der Waals surface area contributed by atoms with Crippen LogP contribution in [0.25, 0.3) is 0 Å². The Balaban J connectivity index is 1.92. The molecule has 104 valence electrons. The number of benzene rings is 1. The predicted octanol–water partition coefficient (Wildman–Crippen LogP) is 1.55. The summed E-state index contributed by atoms with van der Waals surface area (Å²) in [6.45, 7) is 6.79. The van der Waals surface area contributed by atoms with E-state index < -0.39 is 5.41 Å². The van der Waals surface area contributed by atoms with Crippen molar-refractivity contribution in [3.05, 3.63) is 30.3 Å². The molecule has 0 aromatic heterocycles. The molecule has 1 heterocycles. The highest BCUT2D eigenvalue weighted by Gasteiger charge is 2.32. The van der Waals surface area contributed by atoms with Gasteiger partial charge in [-0.3, -0.25) is 9.69 Å². The van der Waals surface area contributed by atoms with Gasteiger partial charge in [-0.2, -0.15) is 0 Å². The Kier molecular flexibility index (Phi) is 4.22. The number of carbonyl (C=O) groups excluding carboxylic acids is 1. The van der Waals surface area contributed by atoms with Gasteiger partial charge in [0.15, 0.2) is 0 Å². The van der Waals surface area contributed by atoms with E-state index in [0.29, 0.717) is 6.04 Å². The first kappa shape index (κ1) is 14.0. The number of rotatable bonds is 5. The lowest BCUT2D eigenvalue weighted by molar-refractivity contribution is -0.125. The molecule has 2 N–H and O–H groups in total. The van der Waals surface area contributed by atoms with Crippen molar-refractivity contribution in [2.24, 2.45) is 5.41 Å². The van der Waals surface area contributed by atoms with Crippen molar-refractivity contribution in [2.75, 3.05) is 32.0 Å². The normalized spacial score (nSPS) is 16.2. The van der Waals surface area contributed by atoms with E-state index in [1.54, 1.807) is 0 Å². The number of hydrogen-bond acceptors (Lipinski definition) is 3. The number of nitrogens with zero attached hydrogens (tertiary/aromatic N) is 1. The van der Waals surface area contributed by atoms with E-state index in [-0.39, 0.29) is 5.91 Å². The molecule has 2 rings (SSSR count). The highest BCUT2D eigenvalue weighted by atomic mass is 16.2. The third kappa shape index (κ3) is 3.55. The summed E-state index contributed by atoms with van der Waals surface area (Å²) in [5.74, 6) is 0.0674. The van der Waals surface area contributed by atoms with Crippen LogP contribution in [0.4, 0.5) is 5.69 Å². The fourth-order valence-electron chi connectivity index (χ4n) is 2.23. The maximum atomic E-state index is 12.3. The Bertz CT molecular complexity index is 426. The van der Waals surface area contributed by atoms with Crippen molar-refractivity contribution < 1.29 is 4.79 Å². The Labute approximate surface area is 115 Å². The number of carbonyl (C=O) groups is 1. The molecule has 1 fully saturated rings. The van der Waals surface area contributed by atoms with Crippen molar-refractivity contribution in [3.63, 3.8) is 0 Å². The van der Waals surface area contributed by atoms with Gasteiger partial charge in [0.2, 0.25) is 5.91 Å². The molecule has 0 bridgehead atoms. The largest absolute Gasteiger partial charge is 0.326 e. The number of amides is 1. The minimum atomic E-state index is -0.403. The van der Waals surface area contributed by atoms with E-state index in [4.69, 9.17) is 0 Å². The smallest absolute Gasteiger partial charge is 0.231 e. The minimum absolute atomic E-state index is 0.0674. The van der Waals surface area contributed by atoms with E-state index >= 15 is 0 Å². The Morgan fingerprint density at radius 1 is 1.37 bits per heavy atom. The lowest BCUT2D eigenvalue weighted by Crippen LogP contribution is -2.58. The molecular weight excluding hydrogens is 238 g/mol. The van der Waals surface area contributed by atoms with Gasteiger partial charge in [0.25, 0.3) is 0 Å². The molecule has 1 saturated heterocycles. The average Bonchev–Trinajstić information content (AvgIpc) is 2.26. The molecule has 0 spiro atoms. The molecule has 1 aliphatic rings. The van der Waals surface area contributed by atoms with Gasteiger partial charge in [-0.05, 0) is 33.0 Å². The summed E-state index contributed by atoms with van der Waals surface area (Å²) in [5, 5.41) is 6.24. The van der Waals surface area contributed by atoms with Crippen LogP contribution < -0.4 is 10.6 Å². The Morgan fingerprint density at radius 2 is 2.00 bits per heavy atom. The van der Waals surface area contributed by atoms with Gasteiger partial charge in [0, 0.05) is 31.4 Å². The summed E-state index contributed by atoms with van der Waals surface area (Å²) in [7, 11) is 2.09. The fraction of sp³-hybridized carbons (Fsp3) is 0.533. The zero-order chi connectivity index (χ0) is 13.9. The second-order valence-electron chi connectivity index (χ2n) is 5.93. The van der Waals surface area contributed by atoms with Gasteiger partial charge in [-0.25, -0.2) is 0 Å². The Hall–Kier alpha value is -1.39. The van der Waals surface area contributed by atoms with E-state index in [9.17, 15) is 4.79 Å². The molecule has 1 aliphatic heterocycles. The van der Waals surface area contributed by atoms with Crippen molar-refractivity contribution >= 4 is 11.6 Å². The number of anilines is 1. The van der Waals surface area contributed by atoms with E-state index in [0.717, 1.165) is 25.3 Å². The average molecular weight is 261 g/mol. The maximum Gasteiger partial charge on any atom is 0.231 e. The first-order valence-corrected chi connectivity index (χ1v) is 6.76. The van der Waals surface area contributed by atoms with Crippen LogP contribution in [0.3, 0.4) is 0 Å². The summed E-state index contributed by atoms with van der Waals surface area (Å²) in [5.41, 5.74) is 0.453. The quantitative estimate of drug-likeness (QED) is 0.845. The summed E-state index contributed by atoms with van der Waals surface area (Å²) in [6, 6.07) is 10.2. The third-order valence-corrected chi connectivity index (χ3v) is 3.67. The van der Waals surface area contributed by atoms with Gasteiger partial charge < -0.3 is 10.6 Å². The van der Waals surface area contributed by atoms with E-state index in [1.807, 2.05) is 44.2 Å². The van der Waals surface area contributed by atoms with Crippen LogP contribution in [0.1, 0.15) is 13.8 Å². The zero-order valence-electron chi connectivity index (χ0n) is 11.9. The van der Waals surface area contributed by atoms with Crippen LogP contribution in [-0.2, 0) is 4.79 Å². The highest BCUT2D eigenvalue weighted by Crippen LogP contribution is 2.21. The van der Waals surface area contributed by atoms with Crippen molar-refractivity contribution in [3.8, 4) is 0 Å². The van der Waals surface area contributed by atoms with Crippen molar-refractivity contribution in [2.45, 2.75) is 19.9 Å². The first-order chi connectivity index (χ1) is 8.99. The summed E-state index contributed by atoms with van der Waals surface area (Å²) in [6.07, 6.45) is 0. The van der Waals surface area contributed by atoms with Crippen LogP contribution >= 0.6 is 0 Å². The van der Waals surface area contributed by atoms with Crippen molar-refractivity contribution in [1.82, 2.24) is 10.2 Å². The van der Waals surface area contributed by atoms with E-state index in [2.05, 4.69) is 22.6 Å². The fourth-order valence-corrected chi connectivity index (χ4v) is 2.23. The standard InChI is InChI=1S/C15H23N3O/c1-15(2,11-18(3)13-9-16-10-13)14(19)17-12-7-5-4-6-8-12/h4-8,13,16H,9-11H2,1-3H3,(H,17,19). The van der Waals surface area contributed by atoms with E-state index in [1.165, 1.54) is 0 Å². The second-order valence-corrected chi connectivity index (χ2v) is 5.93. The maximum absolute atomic E-state index is 12.3. The zero-order valence-corrected chi connectivity index (χ0v) is 11.9. The minimum Gasteiger partial charge on any atom is -0.326 e. The molecule has 0 radical (unpaired) electrons. The van der Waals surface area contributed by atoms with Gasteiger partial charge in [-0.1, -0.05) is 18.2 Å². The Morgan fingerprint density at radius 3 is 2.53 bits per heavy atom. The number of hydrogen-bond donors (Lipinski definition) is 2.